The maximum Gasteiger partial charge on any atom is 0.338 e. The molecule has 7 aromatic rings. The minimum Gasteiger partial charge on any atom is -0.465 e. The Bertz CT molecular complexity index is 2390. The molecule has 0 saturated carbocycles. The first-order chi connectivity index (χ1) is 23.6. The topological polar surface area (TPSA) is 49.0 Å². The van der Waals surface area contributed by atoms with Gasteiger partial charge in [-0.15, -0.1) is 0 Å². The Hall–Kier alpha value is -5.42. The van der Waals surface area contributed by atoms with Crippen molar-refractivity contribution in [3.8, 4) is 11.6 Å². The summed E-state index contributed by atoms with van der Waals surface area (Å²) in [5.41, 5.74) is 11.1. The molecule has 0 bridgehead atoms. The van der Waals surface area contributed by atoms with Gasteiger partial charge in [-0.2, -0.15) is 0 Å². The number of fused-ring (bicyclic) bond motifs is 6. The lowest BCUT2D eigenvalue weighted by atomic mass is 9.86. The van der Waals surface area contributed by atoms with Crippen LogP contribution in [-0.2, 0) is 15.6 Å². The second kappa shape index (κ2) is 11.6. The van der Waals surface area contributed by atoms with Crippen molar-refractivity contribution in [1.82, 2.24) is 14.1 Å². The summed E-state index contributed by atoms with van der Waals surface area (Å²) < 4.78 is 9.65. The van der Waals surface area contributed by atoms with Gasteiger partial charge in [0.2, 0.25) is 0 Å². The zero-order valence-electron chi connectivity index (χ0n) is 30.7. The van der Waals surface area contributed by atoms with Crippen LogP contribution in [0, 0.1) is 0 Å². The van der Waals surface area contributed by atoms with Gasteiger partial charge in [-0.3, -0.25) is 9.13 Å². The fraction of sp³-hybridized carbons (Fsp3) is 0.244. The van der Waals surface area contributed by atoms with E-state index in [0.717, 1.165) is 65.9 Å². The van der Waals surface area contributed by atoms with Crippen LogP contribution < -0.4 is 0 Å². The third kappa shape index (κ3) is 5.42. The normalized spacial score (nSPS) is 12.3. The Kier molecular flexibility index (Phi) is 7.67. The Labute approximate surface area is 294 Å². The molecule has 0 amide bonds. The second-order valence-electron chi connectivity index (χ2n) is 15.7. The Balaban J connectivity index is 1.59. The lowest BCUT2D eigenvalue weighted by molar-refractivity contribution is 0.0600. The Morgan fingerprint density at radius 3 is 1.26 bits per heavy atom. The third-order valence-electron chi connectivity index (χ3n) is 9.93. The molecule has 3 heterocycles. The van der Waals surface area contributed by atoms with E-state index in [-0.39, 0.29) is 10.8 Å². The molecule has 0 aliphatic rings. The molecular formula is C45H45N3O2. The summed E-state index contributed by atoms with van der Waals surface area (Å²) in [5, 5.41) is 4.47. The van der Waals surface area contributed by atoms with Gasteiger partial charge in [-0.25, -0.2) is 9.78 Å². The van der Waals surface area contributed by atoms with E-state index in [1.54, 1.807) is 0 Å². The van der Waals surface area contributed by atoms with Crippen molar-refractivity contribution in [2.24, 2.45) is 0 Å². The molecule has 0 unspecified atom stereocenters. The molecule has 50 heavy (non-hydrogen) atoms. The van der Waals surface area contributed by atoms with Gasteiger partial charge in [0.05, 0.1) is 34.7 Å². The maximum atomic E-state index is 13.4. The standard InChI is InChI=1S/C45H45N3O2/c1-26(2)28-12-16-37-33(20-28)35-24-31(44(5,6)7)14-18-39(35)47(37)41-22-30(43(49)50-11)23-42(46-41)48-38-17-13-29(27(3)4)21-34(38)36-25-32(45(8,9)10)15-19-40(36)48/h12-25H,1,3H2,2,4-11H3. The highest BCUT2D eigenvalue weighted by Crippen LogP contribution is 2.39. The van der Waals surface area contributed by atoms with Crippen LogP contribution in [0.5, 0.6) is 0 Å². The van der Waals surface area contributed by atoms with Crippen LogP contribution in [0.25, 0.3) is 66.4 Å². The molecule has 0 aliphatic carbocycles. The van der Waals surface area contributed by atoms with Gasteiger partial charge in [0, 0.05) is 21.5 Å². The van der Waals surface area contributed by atoms with Gasteiger partial charge in [0.15, 0.2) is 0 Å². The number of nitrogens with zero attached hydrogens (tertiary/aromatic N) is 3. The monoisotopic (exact) mass is 659 g/mol. The van der Waals surface area contributed by atoms with Crippen LogP contribution in [0.4, 0.5) is 0 Å². The van der Waals surface area contributed by atoms with Crippen molar-refractivity contribution < 1.29 is 9.53 Å². The summed E-state index contributed by atoms with van der Waals surface area (Å²) in [6.07, 6.45) is 0. The van der Waals surface area contributed by atoms with Gasteiger partial charge in [0.1, 0.15) is 11.6 Å². The van der Waals surface area contributed by atoms with Crippen LogP contribution in [0.15, 0.2) is 98.1 Å². The molecule has 0 N–H and O–H groups in total. The zero-order chi connectivity index (χ0) is 35.9. The zero-order valence-corrected chi connectivity index (χ0v) is 30.7. The summed E-state index contributed by atoms with van der Waals surface area (Å²) in [6.45, 7) is 25.9. The van der Waals surface area contributed by atoms with Gasteiger partial charge >= 0.3 is 5.97 Å². The number of ether oxygens (including phenoxy) is 1. The number of hydrogen-bond donors (Lipinski definition) is 0. The van der Waals surface area contributed by atoms with Crippen LogP contribution in [0.3, 0.4) is 0 Å². The van der Waals surface area contributed by atoms with Crippen molar-refractivity contribution >= 4 is 60.7 Å². The maximum absolute atomic E-state index is 13.4. The Morgan fingerprint density at radius 1 is 0.560 bits per heavy atom. The fourth-order valence-corrected chi connectivity index (χ4v) is 6.97. The van der Waals surface area contributed by atoms with Crippen molar-refractivity contribution in [3.63, 3.8) is 0 Å². The molecule has 4 aromatic carbocycles. The predicted molar refractivity (Wildman–Crippen MR) is 211 cm³/mol. The summed E-state index contributed by atoms with van der Waals surface area (Å²) in [5.74, 6) is 0.847. The van der Waals surface area contributed by atoms with Crippen LogP contribution in [-0.4, -0.2) is 27.2 Å². The molecule has 0 radical (unpaired) electrons. The number of esters is 1. The van der Waals surface area contributed by atoms with Crippen molar-refractivity contribution in [2.45, 2.75) is 66.2 Å². The lowest BCUT2D eigenvalue weighted by Gasteiger charge is -2.19. The summed E-state index contributed by atoms with van der Waals surface area (Å²) >= 11 is 0. The van der Waals surface area contributed by atoms with E-state index in [9.17, 15) is 4.79 Å². The molecule has 0 fully saturated rings. The quantitative estimate of drug-likeness (QED) is 0.173. The number of pyridine rings is 1. The number of allylic oxidation sites excluding steroid dienone is 2. The summed E-state index contributed by atoms with van der Waals surface area (Å²) in [4.78, 5) is 18.7. The van der Waals surface area contributed by atoms with E-state index < -0.39 is 5.97 Å². The van der Waals surface area contributed by atoms with Gasteiger partial charge in [-0.1, -0.05) is 90.1 Å². The highest BCUT2D eigenvalue weighted by Gasteiger charge is 2.23. The largest absolute Gasteiger partial charge is 0.465 e. The molecule has 0 aliphatic heterocycles. The molecule has 0 spiro atoms. The second-order valence-corrected chi connectivity index (χ2v) is 15.7. The van der Waals surface area contributed by atoms with E-state index in [1.807, 2.05) is 26.0 Å². The van der Waals surface area contributed by atoms with Crippen LogP contribution >= 0.6 is 0 Å². The number of benzene rings is 4. The third-order valence-corrected chi connectivity index (χ3v) is 9.93. The SMILES string of the molecule is C=C(C)c1ccc2c(c1)c1cc(C(C)(C)C)ccc1n2-c1cc(C(=O)OC)cc(-n2c3ccc(C(=C)C)cc3c3cc(C(C)(C)C)ccc32)n1. The first-order valence-electron chi connectivity index (χ1n) is 17.2. The number of hydrogen-bond acceptors (Lipinski definition) is 3. The van der Waals surface area contributed by atoms with E-state index in [1.165, 1.54) is 18.2 Å². The van der Waals surface area contributed by atoms with Gasteiger partial charge < -0.3 is 4.74 Å². The van der Waals surface area contributed by atoms with E-state index in [2.05, 4.69) is 137 Å². The van der Waals surface area contributed by atoms with Crippen molar-refractivity contribution in [2.75, 3.05) is 7.11 Å². The number of aromatic nitrogens is 3. The molecule has 5 nitrogen and oxygen atoms in total. The van der Waals surface area contributed by atoms with Gasteiger partial charge in [-0.05, 0) is 108 Å². The highest BCUT2D eigenvalue weighted by molar-refractivity contribution is 6.12. The molecule has 7 rings (SSSR count). The van der Waals surface area contributed by atoms with E-state index >= 15 is 0 Å². The van der Waals surface area contributed by atoms with Crippen LogP contribution in [0.1, 0.15) is 88.0 Å². The predicted octanol–water partition coefficient (Wildman–Crippen LogP) is 11.7. The first-order valence-corrected chi connectivity index (χ1v) is 17.2. The Morgan fingerprint density at radius 2 is 0.920 bits per heavy atom. The minimum absolute atomic E-state index is 0.0296. The van der Waals surface area contributed by atoms with E-state index in [0.29, 0.717) is 17.2 Å². The lowest BCUT2D eigenvalue weighted by Crippen LogP contribution is -2.11. The minimum atomic E-state index is -0.421. The highest BCUT2D eigenvalue weighted by atomic mass is 16.5. The summed E-state index contributed by atoms with van der Waals surface area (Å²) in [6, 6.07) is 29.9. The van der Waals surface area contributed by atoms with Gasteiger partial charge in [0.25, 0.3) is 0 Å². The molecule has 0 saturated heterocycles. The molecule has 0 atom stereocenters. The van der Waals surface area contributed by atoms with Crippen molar-refractivity contribution in [1.29, 1.82) is 0 Å². The smallest absolute Gasteiger partial charge is 0.338 e. The summed E-state index contributed by atoms with van der Waals surface area (Å²) in [7, 11) is 1.42. The van der Waals surface area contributed by atoms with Crippen molar-refractivity contribution in [3.05, 3.63) is 126 Å². The molecule has 5 heteroatoms. The molecular weight excluding hydrogens is 615 g/mol. The number of carbonyl (C=O) groups is 1. The molecule has 252 valence electrons. The van der Waals surface area contributed by atoms with Crippen LogP contribution in [0.2, 0.25) is 0 Å². The average Bonchev–Trinajstić information content (AvgIpc) is 3.58. The van der Waals surface area contributed by atoms with E-state index in [4.69, 9.17) is 9.72 Å². The number of methoxy groups -OCH3 is 1. The number of rotatable bonds is 5. The first kappa shape index (κ1) is 33.1. The fourth-order valence-electron chi connectivity index (χ4n) is 6.97. The molecule has 3 aromatic heterocycles. The average molecular weight is 660 g/mol. The number of carbonyl (C=O) groups excluding carboxylic acids is 1.